The van der Waals surface area contributed by atoms with Gasteiger partial charge in [0, 0.05) is 11.4 Å². The maximum atomic E-state index is 4.75. The summed E-state index contributed by atoms with van der Waals surface area (Å²) in [6.45, 7) is 8.92. The molecule has 1 rings (SSSR count). The molecule has 0 aliphatic carbocycles. The normalized spacial score (nSPS) is 18.6. The van der Waals surface area contributed by atoms with Gasteiger partial charge in [-0.25, -0.2) is 0 Å². The molecule has 13 heavy (non-hydrogen) atoms. The van der Waals surface area contributed by atoms with Crippen LogP contribution in [-0.2, 0) is 0 Å². The van der Waals surface area contributed by atoms with Crippen LogP contribution < -0.4 is 0 Å². The fraction of sp³-hybridized carbons (Fsp3) is 0.750. The van der Waals surface area contributed by atoms with Crippen LogP contribution in [0.3, 0.4) is 0 Å². The Hall–Kier alpha value is -0.590. The van der Waals surface area contributed by atoms with Gasteiger partial charge < -0.3 is 0 Å². The van der Waals surface area contributed by atoms with Gasteiger partial charge in [-0.1, -0.05) is 33.8 Å². The van der Waals surface area contributed by atoms with Crippen molar-refractivity contribution in [2.45, 2.75) is 47.0 Å². The van der Waals surface area contributed by atoms with E-state index in [2.05, 4.69) is 33.8 Å². The second-order valence-electron chi connectivity index (χ2n) is 4.43. The molecule has 0 amide bonds. The Balaban J connectivity index is 2.81. The molecule has 0 saturated heterocycles. The minimum Gasteiger partial charge on any atom is -0.262 e. The predicted octanol–water partition coefficient (Wildman–Crippen LogP) is 3.81. The molecular formula is C12H21N. The number of hydrogen-bond donors (Lipinski definition) is 0. The molecule has 0 fully saturated rings. The van der Waals surface area contributed by atoms with Crippen LogP contribution in [-0.4, -0.2) is 5.71 Å². The maximum absolute atomic E-state index is 4.75. The number of aliphatic imine (C=N–C) groups is 1. The van der Waals surface area contributed by atoms with E-state index in [1.807, 2.05) is 0 Å². The van der Waals surface area contributed by atoms with Crippen LogP contribution in [0.5, 0.6) is 0 Å². The van der Waals surface area contributed by atoms with Crippen LogP contribution in [0.15, 0.2) is 16.8 Å². The summed E-state index contributed by atoms with van der Waals surface area (Å²) < 4.78 is 0. The zero-order valence-electron chi connectivity index (χ0n) is 9.30. The third-order valence-electron chi connectivity index (χ3n) is 2.52. The van der Waals surface area contributed by atoms with Crippen molar-refractivity contribution in [3.63, 3.8) is 0 Å². The highest BCUT2D eigenvalue weighted by atomic mass is 14.8. The standard InChI is InChI=1S/C12H21N/c1-9(2)11-7-5-6-8-12(13-11)10(3)4/h7,9-10H,5-6,8H2,1-4H3. The van der Waals surface area contributed by atoms with E-state index in [1.54, 1.807) is 0 Å². The minimum absolute atomic E-state index is 0.576. The van der Waals surface area contributed by atoms with Crippen molar-refractivity contribution in [3.05, 3.63) is 11.8 Å². The Morgan fingerprint density at radius 1 is 1.15 bits per heavy atom. The Morgan fingerprint density at radius 2 is 1.85 bits per heavy atom. The van der Waals surface area contributed by atoms with E-state index in [1.165, 1.54) is 30.7 Å². The lowest BCUT2D eigenvalue weighted by Gasteiger charge is -2.10. The topological polar surface area (TPSA) is 12.4 Å². The summed E-state index contributed by atoms with van der Waals surface area (Å²) in [6.07, 6.45) is 5.96. The zero-order chi connectivity index (χ0) is 9.84. The monoisotopic (exact) mass is 179 g/mol. The average molecular weight is 179 g/mol. The molecule has 1 heterocycles. The van der Waals surface area contributed by atoms with Crippen molar-refractivity contribution < 1.29 is 0 Å². The van der Waals surface area contributed by atoms with Gasteiger partial charge in [-0.2, -0.15) is 0 Å². The van der Waals surface area contributed by atoms with Gasteiger partial charge in [-0.05, 0) is 31.1 Å². The Labute approximate surface area is 82.0 Å². The molecule has 0 bridgehead atoms. The molecule has 1 aliphatic rings. The van der Waals surface area contributed by atoms with Crippen molar-refractivity contribution in [1.29, 1.82) is 0 Å². The van der Waals surface area contributed by atoms with E-state index in [0.29, 0.717) is 11.8 Å². The number of allylic oxidation sites excluding steroid dienone is 2. The van der Waals surface area contributed by atoms with Crippen LogP contribution in [0, 0.1) is 11.8 Å². The third-order valence-corrected chi connectivity index (χ3v) is 2.52. The number of hydrogen-bond acceptors (Lipinski definition) is 1. The lowest BCUT2D eigenvalue weighted by atomic mass is 10.0. The molecule has 1 aliphatic heterocycles. The first kappa shape index (κ1) is 10.5. The summed E-state index contributed by atoms with van der Waals surface area (Å²) in [7, 11) is 0. The highest BCUT2D eigenvalue weighted by Crippen LogP contribution is 2.20. The summed E-state index contributed by atoms with van der Waals surface area (Å²) in [6, 6.07) is 0. The van der Waals surface area contributed by atoms with E-state index in [4.69, 9.17) is 4.99 Å². The van der Waals surface area contributed by atoms with E-state index < -0.39 is 0 Å². The van der Waals surface area contributed by atoms with Crippen LogP contribution in [0.4, 0.5) is 0 Å². The quantitative estimate of drug-likeness (QED) is 0.611. The van der Waals surface area contributed by atoms with E-state index in [-0.39, 0.29) is 0 Å². The fourth-order valence-electron chi connectivity index (χ4n) is 1.58. The predicted molar refractivity (Wildman–Crippen MR) is 59.0 cm³/mol. The van der Waals surface area contributed by atoms with Crippen LogP contribution in [0.1, 0.15) is 47.0 Å². The highest BCUT2D eigenvalue weighted by molar-refractivity contribution is 5.87. The van der Waals surface area contributed by atoms with Crippen molar-refractivity contribution >= 4 is 5.71 Å². The van der Waals surface area contributed by atoms with Gasteiger partial charge in [-0.3, -0.25) is 4.99 Å². The third kappa shape index (κ3) is 2.98. The number of rotatable bonds is 2. The number of nitrogens with zero attached hydrogens (tertiary/aromatic N) is 1. The highest BCUT2D eigenvalue weighted by Gasteiger charge is 2.11. The molecule has 0 aromatic carbocycles. The average Bonchev–Trinajstić information content (AvgIpc) is 2.28. The lowest BCUT2D eigenvalue weighted by molar-refractivity contribution is 0.748. The lowest BCUT2D eigenvalue weighted by Crippen LogP contribution is -2.07. The Kier molecular flexibility index (Phi) is 3.71. The molecule has 0 unspecified atom stereocenters. The first-order valence-electron chi connectivity index (χ1n) is 5.38. The van der Waals surface area contributed by atoms with Gasteiger partial charge >= 0.3 is 0 Å². The molecule has 1 heteroatoms. The Bertz CT molecular complexity index is 221. The SMILES string of the molecule is CC(C)C1=CCCCC(C(C)C)=N1. The van der Waals surface area contributed by atoms with Crippen LogP contribution in [0.25, 0.3) is 0 Å². The molecular weight excluding hydrogens is 158 g/mol. The molecule has 0 radical (unpaired) electrons. The van der Waals surface area contributed by atoms with E-state index in [9.17, 15) is 0 Å². The summed E-state index contributed by atoms with van der Waals surface area (Å²) in [5.74, 6) is 1.19. The molecule has 0 aromatic heterocycles. The summed E-state index contributed by atoms with van der Waals surface area (Å²) >= 11 is 0. The first-order chi connectivity index (χ1) is 6.11. The van der Waals surface area contributed by atoms with E-state index >= 15 is 0 Å². The van der Waals surface area contributed by atoms with Gasteiger partial charge in [0.25, 0.3) is 0 Å². The molecule has 0 saturated carbocycles. The fourth-order valence-corrected chi connectivity index (χ4v) is 1.58. The first-order valence-corrected chi connectivity index (χ1v) is 5.38. The van der Waals surface area contributed by atoms with Crippen LogP contribution in [0.2, 0.25) is 0 Å². The van der Waals surface area contributed by atoms with Gasteiger partial charge in [0.05, 0.1) is 0 Å². The van der Waals surface area contributed by atoms with Gasteiger partial charge in [-0.15, -0.1) is 0 Å². The molecule has 0 aromatic rings. The second-order valence-corrected chi connectivity index (χ2v) is 4.43. The molecule has 0 atom stereocenters. The molecule has 1 nitrogen and oxygen atoms in total. The van der Waals surface area contributed by atoms with Crippen molar-refractivity contribution in [1.82, 2.24) is 0 Å². The summed E-state index contributed by atoms with van der Waals surface area (Å²) in [5.41, 5.74) is 2.68. The van der Waals surface area contributed by atoms with Crippen molar-refractivity contribution in [3.8, 4) is 0 Å². The van der Waals surface area contributed by atoms with Gasteiger partial charge in [0.15, 0.2) is 0 Å². The largest absolute Gasteiger partial charge is 0.262 e. The smallest absolute Gasteiger partial charge is 0.0388 e. The maximum Gasteiger partial charge on any atom is 0.0388 e. The molecule has 0 spiro atoms. The van der Waals surface area contributed by atoms with Crippen LogP contribution >= 0.6 is 0 Å². The van der Waals surface area contributed by atoms with Crippen molar-refractivity contribution in [2.24, 2.45) is 16.8 Å². The molecule has 74 valence electrons. The zero-order valence-corrected chi connectivity index (χ0v) is 9.30. The van der Waals surface area contributed by atoms with E-state index in [0.717, 1.165) is 0 Å². The van der Waals surface area contributed by atoms with Crippen molar-refractivity contribution in [2.75, 3.05) is 0 Å². The Morgan fingerprint density at radius 3 is 2.38 bits per heavy atom. The summed E-state index contributed by atoms with van der Waals surface area (Å²) in [4.78, 5) is 4.75. The van der Waals surface area contributed by atoms with Gasteiger partial charge in [0.2, 0.25) is 0 Å². The minimum atomic E-state index is 0.576. The molecule has 0 N–H and O–H groups in total. The summed E-state index contributed by atoms with van der Waals surface area (Å²) in [5, 5.41) is 0. The van der Waals surface area contributed by atoms with Gasteiger partial charge in [0.1, 0.15) is 0 Å². The second kappa shape index (κ2) is 4.59.